The fourth-order valence-corrected chi connectivity index (χ4v) is 3.69. The predicted molar refractivity (Wildman–Crippen MR) is 126 cm³/mol. The highest BCUT2D eigenvalue weighted by Gasteiger charge is 2.20. The SMILES string of the molecule is CCNC(=NCc1cccc(CN2CCCC2=O)c1)Nc1cc(OC)c(OC)c(OC)c1. The minimum absolute atomic E-state index is 0.234. The fraction of sp³-hybridized carbons (Fsp3) is 0.417. The Morgan fingerprint density at radius 2 is 1.78 bits per heavy atom. The van der Waals surface area contributed by atoms with E-state index in [1.165, 1.54) is 0 Å². The number of benzene rings is 2. The Morgan fingerprint density at radius 3 is 2.38 bits per heavy atom. The van der Waals surface area contributed by atoms with Gasteiger partial charge in [0.2, 0.25) is 11.7 Å². The van der Waals surface area contributed by atoms with Gasteiger partial charge in [0.05, 0.1) is 27.9 Å². The molecule has 0 aliphatic carbocycles. The molecule has 0 spiro atoms. The van der Waals surface area contributed by atoms with Gasteiger partial charge in [-0.05, 0) is 24.5 Å². The van der Waals surface area contributed by atoms with Crippen molar-refractivity contribution >= 4 is 17.6 Å². The number of carbonyl (C=O) groups excluding carboxylic acids is 1. The molecule has 8 heteroatoms. The van der Waals surface area contributed by atoms with Crippen LogP contribution >= 0.6 is 0 Å². The van der Waals surface area contributed by atoms with Crippen molar-refractivity contribution in [1.82, 2.24) is 10.2 Å². The highest BCUT2D eigenvalue weighted by atomic mass is 16.5. The summed E-state index contributed by atoms with van der Waals surface area (Å²) in [6, 6.07) is 11.9. The molecule has 2 aromatic rings. The zero-order chi connectivity index (χ0) is 22.9. The van der Waals surface area contributed by atoms with Crippen molar-refractivity contribution < 1.29 is 19.0 Å². The van der Waals surface area contributed by atoms with Gasteiger partial charge in [0.1, 0.15) is 0 Å². The van der Waals surface area contributed by atoms with E-state index in [4.69, 9.17) is 19.2 Å². The molecule has 8 nitrogen and oxygen atoms in total. The lowest BCUT2D eigenvalue weighted by Crippen LogP contribution is -2.30. The van der Waals surface area contributed by atoms with Crippen LogP contribution in [-0.4, -0.2) is 51.2 Å². The van der Waals surface area contributed by atoms with Crippen molar-refractivity contribution in [2.24, 2.45) is 4.99 Å². The third kappa shape index (κ3) is 5.84. The van der Waals surface area contributed by atoms with Crippen molar-refractivity contribution in [2.45, 2.75) is 32.9 Å². The number of nitrogens with zero attached hydrogens (tertiary/aromatic N) is 2. The Hall–Kier alpha value is -3.42. The third-order valence-corrected chi connectivity index (χ3v) is 5.23. The lowest BCUT2D eigenvalue weighted by Gasteiger charge is -2.17. The quantitative estimate of drug-likeness (QED) is 0.459. The average molecular weight is 441 g/mol. The molecule has 2 N–H and O–H groups in total. The van der Waals surface area contributed by atoms with E-state index < -0.39 is 0 Å². The van der Waals surface area contributed by atoms with E-state index in [0.29, 0.717) is 49.3 Å². The largest absolute Gasteiger partial charge is 0.493 e. The lowest BCUT2D eigenvalue weighted by molar-refractivity contribution is -0.128. The maximum absolute atomic E-state index is 11.9. The smallest absolute Gasteiger partial charge is 0.222 e. The van der Waals surface area contributed by atoms with Crippen LogP contribution < -0.4 is 24.8 Å². The molecule has 1 amide bonds. The van der Waals surface area contributed by atoms with Crippen molar-refractivity contribution in [3.05, 3.63) is 47.5 Å². The molecular formula is C24H32N4O4. The topological polar surface area (TPSA) is 84.4 Å². The van der Waals surface area contributed by atoms with E-state index in [1.807, 2.05) is 36.1 Å². The summed E-state index contributed by atoms with van der Waals surface area (Å²) in [7, 11) is 4.75. The van der Waals surface area contributed by atoms with Crippen LogP contribution in [0.25, 0.3) is 0 Å². The summed E-state index contributed by atoms with van der Waals surface area (Å²) < 4.78 is 16.3. The summed E-state index contributed by atoms with van der Waals surface area (Å²) in [5, 5.41) is 6.56. The zero-order valence-corrected chi connectivity index (χ0v) is 19.2. The molecule has 1 saturated heterocycles. The standard InChI is InChI=1S/C24H32N4O4/c1-5-25-24(27-19-13-20(30-2)23(32-4)21(14-19)31-3)26-15-17-8-6-9-18(12-17)16-28-11-7-10-22(28)29/h6,8-9,12-14H,5,7,10-11,15-16H2,1-4H3,(H2,25,26,27). The van der Waals surface area contributed by atoms with Crippen molar-refractivity contribution in [3.8, 4) is 17.2 Å². The van der Waals surface area contributed by atoms with Gasteiger partial charge in [-0.3, -0.25) is 4.79 Å². The molecule has 0 atom stereocenters. The Morgan fingerprint density at radius 1 is 1.06 bits per heavy atom. The first-order chi connectivity index (χ1) is 15.6. The number of amides is 1. The molecule has 0 bridgehead atoms. The summed E-state index contributed by atoms with van der Waals surface area (Å²) in [5.41, 5.74) is 2.97. The number of hydrogen-bond donors (Lipinski definition) is 2. The van der Waals surface area contributed by atoms with Crippen LogP contribution in [0, 0.1) is 0 Å². The second-order valence-corrected chi connectivity index (χ2v) is 7.47. The van der Waals surface area contributed by atoms with E-state index in [2.05, 4.69) is 22.8 Å². The minimum Gasteiger partial charge on any atom is -0.493 e. The third-order valence-electron chi connectivity index (χ3n) is 5.23. The number of hydrogen-bond acceptors (Lipinski definition) is 5. The Labute approximate surface area is 189 Å². The highest BCUT2D eigenvalue weighted by Crippen LogP contribution is 2.39. The molecule has 3 rings (SSSR count). The molecule has 1 aliphatic rings. The second-order valence-electron chi connectivity index (χ2n) is 7.47. The monoisotopic (exact) mass is 440 g/mol. The van der Waals surface area contributed by atoms with Gasteiger partial charge >= 0.3 is 0 Å². The van der Waals surface area contributed by atoms with Gasteiger partial charge in [-0.25, -0.2) is 4.99 Å². The van der Waals surface area contributed by atoms with Crippen molar-refractivity contribution in [2.75, 3.05) is 39.7 Å². The van der Waals surface area contributed by atoms with Crippen LogP contribution in [0.2, 0.25) is 0 Å². The normalized spacial score (nSPS) is 13.8. The molecule has 0 unspecified atom stereocenters. The Kier molecular flexibility index (Phi) is 8.19. The maximum Gasteiger partial charge on any atom is 0.222 e. The number of ether oxygens (including phenoxy) is 3. The first kappa shape index (κ1) is 23.2. The maximum atomic E-state index is 11.9. The molecule has 0 saturated carbocycles. The van der Waals surface area contributed by atoms with Gasteiger partial charge < -0.3 is 29.7 Å². The summed E-state index contributed by atoms with van der Waals surface area (Å²) in [4.78, 5) is 18.6. The molecule has 32 heavy (non-hydrogen) atoms. The number of rotatable bonds is 9. The van der Waals surface area contributed by atoms with Gasteiger partial charge in [0, 0.05) is 43.9 Å². The number of nitrogens with one attached hydrogen (secondary N) is 2. The summed E-state index contributed by atoms with van der Waals surface area (Å²) in [5.74, 6) is 2.54. The van der Waals surface area contributed by atoms with Gasteiger partial charge in [0.15, 0.2) is 17.5 Å². The number of guanidine groups is 1. The van der Waals surface area contributed by atoms with Gasteiger partial charge in [-0.15, -0.1) is 0 Å². The molecule has 0 aromatic heterocycles. The van der Waals surface area contributed by atoms with Crippen LogP contribution in [0.1, 0.15) is 30.9 Å². The van der Waals surface area contributed by atoms with Crippen LogP contribution in [0.3, 0.4) is 0 Å². The highest BCUT2D eigenvalue weighted by molar-refractivity contribution is 5.94. The summed E-state index contributed by atoms with van der Waals surface area (Å²) >= 11 is 0. The molecular weight excluding hydrogens is 408 g/mol. The van der Waals surface area contributed by atoms with Gasteiger partial charge in [-0.2, -0.15) is 0 Å². The van der Waals surface area contributed by atoms with Crippen molar-refractivity contribution in [3.63, 3.8) is 0 Å². The van der Waals surface area contributed by atoms with E-state index in [0.717, 1.165) is 29.8 Å². The van der Waals surface area contributed by atoms with Gasteiger partial charge in [0.25, 0.3) is 0 Å². The number of anilines is 1. The molecule has 1 fully saturated rings. The van der Waals surface area contributed by atoms with Crippen LogP contribution in [-0.2, 0) is 17.9 Å². The Bertz CT molecular complexity index is 936. The van der Waals surface area contributed by atoms with Crippen molar-refractivity contribution in [1.29, 1.82) is 0 Å². The van der Waals surface area contributed by atoms with E-state index >= 15 is 0 Å². The van der Waals surface area contributed by atoms with E-state index in [-0.39, 0.29) is 5.91 Å². The summed E-state index contributed by atoms with van der Waals surface area (Å²) in [6.45, 7) is 4.72. The molecule has 1 heterocycles. The minimum atomic E-state index is 0.234. The fourth-order valence-electron chi connectivity index (χ4n) is 3.69. The predicted octanol–water partition coefficient (Wildman–Crippen LogP) is 3.41. The summed E-state index contributed by atoms with van der Waals surface area (Å²) in [6.07, 6.45) is 1.60. The Balaban J connectivity index is 1.74. The number of likely N-dealkylation sites (tertiary alicyclic amines) is 1. The first-order valence-corrected chi connectivity index (χ1v) is 10.8. The van der Waals surface area contributed by atoms with E-state index in [1.54, 1.807) is 21.3 Å². The lowest BCUT2D eigenvalue weighted by atomic mass is 10.1. The molecule has 172 valence electrons. The number of aliphatic imine (C=N–C) groups is 1. The molecule has 1 aliphatic heterocycles. The average Bonchev–Trinajstić information content (AvgIpc) is 3.21. The number of carbonyl (C=O) groups is 1. The van der Waals surface area contributed by atoms with Crippen LogP contribution in [0.15, 0.2) is 41.4 Å². The number of methoxy groups -OCH3 is 3. The first-order valence-electron chi connectivity index (χ1n) is 10.8. The van der Waals surface area contributed by atoms with E-state index in [9.17, 15) is 4.79 Å². The zero-order valence-electron chi connectivity index (χ0n) is 19.2. The van der Waals surface area contributed by atoms with Crippen LogP contribution in [0.5, 0.6) is 17.2 Å². The molecule has 0 radical (unpaired) electrons. The van der Waals surface area contributed by atoms with Gasteiger partial charge in [-0.1, -0.05) is 24.3 Å². The second kappa shape index (κ2) is 11.3. The van der Waals surface area contributed by atoms with Crippen LogP contribution in [0.4, 0.5) is 5.69 Å². The molecule has 2 aromatic carbocycles.